The van der Waals surface area contributed by atoms with Gasteiger partial charge in [-0.25, -0.2) is 8.42 Å². The van der Waals surface area contributed by atoms with Crippen LogP contribution in [0.5, 0.6) is 0 Å². The van der Waals surface area contributed by atoms with Crippen LogP contribution < -0.4 is 4.90 Å². The number of nitrogens with zero attached hydrogens (tertiary/aromatic N) is 2. The molecule has 0 saturated carbocycles. The second-order valence-electron chi connectivity index (χ2n) is 4.69. The zero-order valence-electron chi connectivity index (χ0n) is 10.5. The molecule has 0 aromatic carbocycles. The molecule has 0 N–H and O–H groups in total. The van der Waals surface area contributed by atoms with Gasteiger partial charge in [0.2, 0.25) is 20.8 Å². The van der Waals surface area contributed by atoms with Gasteiger partial charge >= 0.3 is 0 Å². The van der Waals surface area contributed by atoms with Crippen LogP contribution in [0.2, 0.25) is 0 Å². The van der Waals surface area contributed by atoms with Crippen LogP contribution in [0.1, 0.15) is 25.5 Å². The number of hydrogen-bond donors (Lipinski definition) is 0. The lowest BCUT2D eigenvalue weighted by Gasteiger charge is -2.11. The molecule has 1 aromatic heterocycles. The first kappa shape index (κ1) is 14.3. The summed E-state index contributed by atoms with van der Waals surface area (Å²) in [4.78, 5) is 13.3. The third-order valence-electron chi connectivity index (χ3n) is 2.96. The fourth-order valence-corrected chi connectivity index (χ4v) is 3.51. The van der Waals surface area contributed by atoms with Gasteiger partial charge in [-0.3, -0.25) is 9.69 Å². The van der Waals surface area contributed by atoms with Gasteiger partial charge in [-0.1, -0.05) is 18.5 Å². The molecule has 1 fully saturated rings. The van der Waals surface area contributed by atoms with E-state index in [1.165, 1.54) is 4.90 Å². The first-order valence-corrected chi connectivity index (χ1v) is 8.55. The lowest BCUT2D eigenvalue weighted by molar-refractivity contribution is -0.117. The van der Waals surface area contributed by atoms with Gasteiger partial charge in [0.1, 0.15) is 0 Å². The quantitative estimate of drug-likeness (QED) is 0.771. The Kier molecular flexibility index (Phi) is 4.15. The van der Waals surface area contributed by atoms with E-state index in [2.05, 4.69) is 5.16 Å². The highest BCUT2D eigenvalue weighted by Gasteiger charge is 2.34. The van der Waals surface area contributed by atoms with Crippen molar-refractivity contribution in [3.8, 4) is 0 Å². The third-order valence-corrected chi connectivity index (χ3v) is 4.21. The van der Waals surface area contributed by atoms with Crippen LogP contribution in [0.4, 0.5) is 5.88 Å². The van der Waals surface area contributed by atoms with E-state index in [0.29, 0.717) is 12.4 Å². The molecule has 1 atom stereocenters. The summed E-state index contributed by atoms with van der Waals surface area (Å²) in [5.41, 5.74) is 0.790. The zero-order chi connectivity index (χ0) is 14.0. The minimum absolute atomic E-state index is 0.162. The van der Waals surface area contributed by atoms with E-state index in [0.717, 1.165) is 18.5 Å². The molecule has 19 heavy (non-hydrogen) atoms. The smallest absolute Gasteiger partial charge is 0.234 e. The molecule has 1 amide bonds. The average Bonchev–Trinajstić information content (AvgIpc) is 2.84. The monoisotopic (exact) mass is 306 g/mol. The van der Waals surface area contributed by atoms with E-state index in [9.17, 15) is 13.2 Å². The Balaban J connectivity index is 2.06. The highest BCUT2D eigenvalue weighted by molar-refractivity contribution is 8.13. The van der Waals surface area contributed by atoms with E-state index in [1.807, 2.05) is 6.92 Å². The van der Waals surface area contributed by atoms with E-state index in [-0.39, 0.29) is 24.0 Å². The van der Waals surface area contributed by atoms with Crippen molar-refractivity contribution in [1.29, 1.82) is 0 Å². The minimum Gasteiger partial charge on any atom is -0.338 e. The molecular formula is C11H15ClN2O4S. The SMILES string of the molecule is CCCc1cc(N2CC(CS(=O)(=O)Cl)CC2=O)on1. The summed E-state index contributed by atoms with van der Waals surface area (Å²) < 4.78 is 27.2. The van der Waals surface area contributed by atoms with E-state index < -0.39 is 9.05 Å². The van der Waals surface area contributed by atoms with Crippen molar-refractivity contribution in [2.45, 2.75) is 26.2 Å². The number of hydrogen-bond acceptors (Lipinski definition) is 5. The number of carbonyl (C=O) groups is 1. The molecular weight excluding hydrogens is 292 g/mol. The molecule has 1 aliphatic heterocycles. The Morgan fingerprint density at radius 1 is 1.58 bits per heavy atom. The van der Waals surface area contributed by atoms with Gasteiger partial charge in [-0.2, -0.15) is 0 Å². The number of carbonyl (C=O) groups excluding carboxylic acids is 1. The highest BCUT2D eigenvalue weighted by atomic mass is 35.7. The highest BCUT2D eigenvalue weighted by Crippen LogP contribution is 2.27. The van der Waals surface area contributed by atoms with Crippen LogP contribution in [0.25, 0.3) is 0 Å². The summed E-state index contributed by atoms with van der Waals surface area (Å²) in [6.07, 6.45) is 1.88. The molecule has 1 unspecified atom stereocenters. The maximum absolute atomic E-state index is 11.8. The first-order valence-electron chi connectivity index (χ1n) is 6.07. The topological polar surface area (TPSA) is 80.5 Å². The van der Waals surface area contributed by atoms with Crippen LogP contribution in [0.3, 0.4) is 0 Å². The maximum atomic E-state index is 11.8. The number of halogens is 1. The lowest BCUT2D eigenvalue weighted by atomic mass is 10.1. The largest absolute Gasteiger partial charge is 0.338 e. The second kappa shape index (κ2) is 5.50. The minimum atomic E-state index is -3.59. The number of amides is 1. The zero-order valence-corrected chi connectivity index (χ0v) is 12.1. The summed E-state index contributed by atoms with van der Waals surface area (Å²) in [6, 6.07) is 1.72. The van der Waals surface area contributed by atoms with Crippen LogP contribution >= 0.6 is 10.7 Å². The standard InChI is InChI=1S/C11H15ClN2O4S/c1-2-3-9-5-11(18-13-9)14-6-8(4-10(14)15)7-19(12,16)17/h5,8H,2-4,6-7H2,1H3. The predicted molar refractivity (Wildman–Crippen MR) is 70.6 cm³/mol. The Morgan fingerprint density at radius 2 is 2.32 bits per heavy atom. The number of rotatable bonds is 5. The fourth-order valence-electron chi connectivity index (χ4n) is 2.19. The third kappa shape index (κ3) is 3.70. The maximum Gasteiger partial charge on any atom is 0.234 e. The van der Waals surface area contributed by atoms with E-state index in [4.69, 9.17) is 15.2 Å². The second-order valence-corrected chi connectivity index (χ2v) is 7.51. The Labute approximate surface area is 116 Å². The van der Waals surface area contributed by atoms with Crippen LogP contribution in [-0.4, -0.2) is 31.8 Å². The van der Waals surface area contributed by atoms with Crippen LogP contribution in [0, 0.1) is 5.92 Å². The Hall–Kier alpha value is -1.08. The lowest BCUT2D eigenvalue weighted by Crippen LogP contribution is -2.24. The number of aromatic nitrogens is 1. The fraction of sp³-hybridized carbons (Fsp3) is 0.636. The first-order chi connectivity index (χ1) is 8.89. The van der Waals surface area contributed by atoms with Crippen molar-refractivity contribution >= 4 is 31.5 Å². The molecule has 0 bridgehead atoms. The van der Waals surface area contributed by atoms with Crippen molar-refractivity contribution in [2.75, 3.05) is 17.2 Å². The molecule has 1 saturated heterocycles. The van der Waals surface area contributed by atoms with Crippen molar-refractivity contribution in [1.82, 2.24) is 5.16 Å². The molecule has 8 heteroatoms. The summed E-state index contributed by atoms with van der Waals surface area (Å²) >= 11 is 0. The molecule has 0 radical (unpaired) electrons. The number of aryl methyl sites for hydroxylation is 1. The van der Waals surface area contributed by atoms with Crippen molar-refractivity contribution in [3.63, 3.8) is 0 Å². The Bertz CT molecular complexity index is 569. The number of anilines is 1. The predicted octanol–water partition coefficient (Wildman–Crippen LogP) is 1.55. The summed E-state index contributed by atoms with van der Waals surface area (Å²) in [7, 11) is 1.61. The molecule has 1 aliphatic rings. The molecule has 106 valence electrons. The van der Waals surface area contributed by atoms with Gasteiger partial charge in [-0.15, -0.1) is 0 Å². The molecule has 0 aliphatic carbocycles. The van der Waals surface area contributed by atoms with E-state index >= 15 is 0 Å². The van der Waals surface area contributed by atoms with Crippen LogP contribution in [-0.2, 0) is 20.3 Å². The van der Waals surface area contributed by atoms with Gasteiger partial charge in [0, 0.05) is 35.6 Å². The molecule has 0 spiro atoms. The Morgan fingerprint density at radius 3 is 2.95 bits per heavy atom. The van der Waals surface area contributed by atoms with Gasteiger partial charge in [0.15, 0.2) is 0 Å². The van der Waals surface area contributed by atoms with Crippen LogP contribution in [0.15, 0.2) is 10.6 Å². The van der Waals surface area contributed by atoms with E-state index in [1.54, 1.807) is 6.07 Å². The summed E-state index contributed by atoms with van der Waals surface area (Å²) in [6.45, 7) is 2.32. The normalized spacial score (nSPS) is 20.2. The van der Waals surface area contributed by atoms with Crippen molar-refractivity contribution < 1.29 is 17.7 Å². The molecule has 1 aromatic rings. The van der Waals surface area contributed by atoms with Gasteiger partial charge in [0.25, 0.3) is 0 Å². The van der Waals surface area contributed by atoms with Gasteiger partial charge in [-0.05, 0) is 6.42 Å². The molecule has 2 heterocycles. The molecule has 2 rings (SSSR count). The average molecular weight is 307 g/mol. The summed E-state index contributed by atoms with van der Waals surface area (Å²) in [5, 5.41) is 3.87. The van der Waals surface area contributed by atoms with Gasteiger partial charge in [0.05, 0.1) is 11.4 Å². The van der Waals surface area contributed by atoms with Gasteiger partial charge < -0.3 is 4.52 Å². The summed E-state index contributed by atoms with van der Waals surface area (Å²) in [5.74, 6) is -0.283. The van der Waals surface area contributed by atoms with Crippen molar-refractivity contribution in [3.05, 3.63) is 11.8 Å². The van der Waals surface area contributed by atoms with Crippen molar-refractivity contribution in [2.24, 2.45) is 5.92 Å². The molecule has 6 nitrogen and oxygen atoms in total.